The average molecular weight is 458 g/mol. The van der Waals surface area contributed by atoms with Crippen molar-refractivity contribution in [1.29, 1.82) is 0 Å². The Hall–Kier alpha value is -2.54. The van der Waals surface area contributed by atoms with E-state index >= 15 is 0 Å². The maximum absolute atomic E-state index is 13.0. The number of hydrogen-bond acceptors (Lipinski definition) is 8. The van der Waals surface area contributed by atoms with E-state index in [-0.39, 0.29) is 31.0 Å². The number of carbonyl (C=O) groups is 3. The fourth-order valence-electron chi connectivity index (χ4n) is 2.98. The first-order valence-electron chi connectivity index (χ1n) is 9.56. The minimum absolute atomic E-state index is 0.00651. The number of rotatable bonds is 8. The van der Waals surface area contributed by atoms with Crippen LogP contribution in [-0.4, -0.2) is 81.3 Å². The first-order chi connectivity index (χ1) is 14.6. The van der Waals surface area contributed by atoms with E-state index in [1.807, 2.05) is 12.2 Å². The van der Waals surface area contributed by atoms with Gasteiger partial charge in [0.2, 0.25) is 10.0 Å². The average Bonchev–Trinajstić information content (AvgIpc) is 3.11. The van der Waals surface area contributed by atoms with Crippen molar-refractivity contribution in [3.63, 3.8) is 0 Å². The van der Waals surface area contributed by atoms with Gasteiger partial charge in [-0.3, -0.25) is 14.9 Å². The fourth-order valence-corrected chi connectivity index (χ4v) is 4.69. The van der Waals surface area contributed by atoms with Crippen LogP contribution in [0.15, 0.2) is 23.1 Å². The summed E-state index contributed by atoms with van der Waals surface area (Å²) in [5, 5.41) is 14.3. The Morgan fingerprint density at radius 1 is 1.23 bits per heavy atom. The molecule has 31 heavy (non-hydrogen) atoms. The van der Waals surface area contributed by atoms with Gasteiger partial charge >= 0.3 is 12.0 Å². The molecule has 1 unspecified atom stereocenters. The number of esters is 1. The Balaban J connectivity index is 2.01. The van der Waals surface area contributed by atoms with Crippen molar-refractivity contribution in [2.24, 2.45) is 0 Å². The number of nitrogens with one attached hydrogen (secondary N) is 2. The molecule has 11 nitrogen and oxygen atoms in total. The second kappa shape index (κ2) is 10.7. The molecule has 1 aliphatic rings. The molecule has 1 saturated heterocycles. The lowest BCUT2D eigenvalue weighted by Crippen LogP contribution is -2.44. The van der Waals surface area contributed by atoms with Gasteiger partial charge in [0.05, 0.1) is 17.6 Å². The SMILES string of the molecule is COCCNC(=O)NC(=O)COC(=O)[C@@H]1CC(O)CN1S(=O)(=O)c1ccc(C)c(C)c1. The van der Waals surface area contributed by atoms with Gasteiger partial charge in [0.25, 0.3) is 5.91 Å². The summed E-state index contributed by atoms with van der Waals surface area (Å²) < 4.78 is 36.6. The van der Waals surface area contributed by atoms with Gasteiger partial charge in [0, 0.05) is 26.6 Å². The van der Waals surface area contributed by atoms with Crippen molar-refractivity contribution in [2.75, 3.05) is 33.4 Å². The standard InChI is InChI=1S/C19H27N3O8S/c1-12-4-5-15(8-13(12)2)31(27,28)22-10-14(23)9-16(22)18(25)30-11-17(24)21-19(26)20-6-7-29-3/h4-5,8,14,16,23H,6-7,9-11H2,1-3H3,(H2,20,21,24,26)/t14?,16-/m0/s1. The molecule has 3 amide bonds. The van der Waals surface area contributed by atoms with E-state index < -0.39 is 46.7 Å². The van der Waals surface area contributed by atoms with Gasteiger partial charge in [0.1, 0.15) is 6.04 Å². The molecular formula is C19H27N3O8S. The number of β-amino-alcohol motifs (C(OH)–C–C–N with tert-alkyl or cyclic N) is 1. The van der Waals surface area contributed by atoms with Crippen molar-refractivity contribution < 1.29 is 37.4 Å². The van der Waals surface area contributed by atoms with Crippen molar-refractivity contribution in [3.05, 3.63) is 29.3 Å². The molecule has 3 N–H and O–H groups in total. The van der Waals surface area contributed by atoms with Gasteiger partial charge < -0.3 is 19.9 Å². The summed E-state index contributed by atoms with van der Waals surface area (Å²) >= 11 is 0. The largest absolute Gasteiger partial charge is 0.454 e. The van der Waals surface area contributed by atoms with Crippen LogP contribution in [0.4, 0.5) is 4.79 Å². The van der Waals surface area contributed by atoms with Crippen LogP contribution >= 0.6 is 0 Å². The molecule has 172 valence electrons. The lowest BCUT2D eigenvalue weighted by molar-refractivity contribution is -0.151. The van der Waals surface area contributed by atoms with E-state index in [4.69, 9.17) is 9.47 Å². The highest BCUT2D eigenvalue weighted by molar-refractivity contribution is 7.89. The normalized spacial score (nSPS) is 19.1. The molecule has 1 aromatic rings. The van der Waals surface area contributed by atoms with Gasteiger partial charge in [-0.05, 0) is 37.1 Å². The molecule has 1 aromatic carbocycles. The zero-order valence-corrected chi connectivity index (χ0v) is 18.4. The summed E-state index contributed by atoms with van der Waals surface area (Å²) in [7, 11) is -2.63. The third-order valence-electron chi connectivity index (χ3n) is 4.78. The van der Waals surface area contributed by atoms with Crippen LogP contribution in [0.2, 0.25) is 0 Å². The van der Waals surface area contributed by atoms with E-state index in [0.717, 1.165) is 15.4 Å². The zero-order chi connectivity index (χ0) is 23.2. The maximum atomic E-state index is 13.0. The Bertz CT molecular complexity index is 934. The third-order valence-corrected chi connectivity index (χ3v) is 6.65. The van der Waals surface area contributed by atoms with E-state index in [1.54, 1.807) is 13.0 Å². The molecule has 1 heterocycles. The van der Waals surface area contributed by atoms with E-state index in [0.29, 0.717) is 0 Å². The van der Waals surface area contributed by atoms with Gasteiger partial charge in [-0.15, -0.1) is 0 Å². The molecule has 0 saturated carbocycles. The monoisotopic (exact) mass is 457 g/mol. The molecule has 1 aliphatic heterocycles. The van der Waals surface area contributed by atoms with Crippen molar-refractivity contribution in [2.45, 2.75) is 37.3 Å². The minimum Gasteiger partial charge on any atom is -0.454 e. The quantitative estimate of drug-likeness (QED) is 0.347. The minimum atomic E-state index is -4.08. The summed E-state index contributed by atoms with van der Waals surface area (Å²) in [6, 6.07) is 2.51. The van der Waals surface area contributed by atoms with Gasteiger partial charge in [-0.1, -0.05) is 6.07 Å². The number of nitrogens with zero attached hydrogens (tertiary/aromatic N) is 1. The number of aliphatic hydroxyl groups excluding tert-OH is 1. The number of imide groups is 1. The van der Waals surface area contributed by atoms with Crippen LogP contribution in [0.3, 0.4) is 0 Å². The number of aryl methyl sites for hydroxylation is 2. The van der Waals surface area contributed by atoms with Crippen LogP contribution in [0.5, 0.6) is 0 Å². The summed E-state index contributed by atoms with van der Waals surface area (Å²) in [6.07, 6.45) is -1.22. The molecule has 0 radical (unpaired) electrons. The Labute approximate surface area is 180 Å². The maximum Gasteiger partial charge on any atom is 0.325 e. The zero-order valence-electron chi connectivity index (χ0n) is 17.6. The molecule has 12 heteroatoms. The van der Waals surface area contributed by atoms with Crippen molar-refractivity contribution in [1.82, 2.24) is 14.9 Å². The third kappa shape index (κ3) is 6.47. The number of methoxy groups -OCH3 is 1. The molecule has 2 atom stereocenters. The van der Waals surface area contributed by atoms with Crippen LogP contribution in [-0.2, 0) is 29.1 Å². The van der Waals surface area contributed by atoms with Crippen LogP contribution in [0.25, 0.3) is 0 Å². The van der Waals surface area contributed by atoms with E-state index in [9.17, 15) is 27.9 Å². The number of amides is 3. The number of urea groups is 1. The Morgan fingerprint density at radius 2 is 1.94 bits per heavy atom. The predicted octanol–water partition coefficient (Wildman–Crippen LogP) is -0.557. The van der Waals surface area contributed by atoms with Gasteiger partial charge in [-0.2, -0.15) is 4.31 Å². The predicted molar refractivity (Wildman–Crippen MR) is 109 cm³/mol. The first-order valence-corrected chi connectivity index (χ1v) is 11.0. The molecule has 0 spiro atoms. The number of hydrogen-bond donors (Lipinski definition) is 3. The second-order valence-electron chi connectivity index (χ2n) is 7.13. The molecule has 1 fully saturated rings. The lowest BCUT2D eigenvalue weighted by Gasteiger charge is -2.22. The number of sulfonamides is 1. The summed E-state index contributed by atoms with van der Waals surface area (Å²) in [5.41, 5.74) is 1.68. The highest BCUT2D eigenvalue weighted by Crippen LogP contribution is 2.28. The van der Waals surface area contributed by atoms with Gasteiger partial charge in [0.15, 0.2) is 6.61 Å². The van der Waals surface area contributed by atoms with Crippen LogP contribution in [0.1, 0.15) is 17.5 Å². The first kappa shape index (κ1) is 24.7. The number of aliphatic hydroxyl groups is 1. The summed E-state index contributed by atoms with van der Waals surface area (Å²) in [6.45, 7) is 2.99. The Morgan fingerprint density at radius 3 is 2.58 bits per heavy atom. The molecule has 0 aromatic heterocycles. The van der Waals surface area contributed by atoms with Crippen molar-refractivity contribution in [3.8, 4) is 0 Å². The topological polar surface area (TPSA) is 151 Å². The van der Waals surface area contributed by atoms with Crippen LogP contribution in [0, 0.1) is 13.8 Å². The highest BCUT2D eigenvalue weighted by atomic mass is 32.2. The fraction of sp³-hybridized carbons (Fsp3) is 0.526. The number of ether oxygens (including phenoxy) is 2. The van der Waals surface area contributed by atoms with Gasteiger partial charge in [-0.25, -0.2) is 13.2 Å². The number of carbonyl (C=O) groups excluding carboxylic acids is 3. The van der Waals surface area contributed by atoms with Crippen LogP contribution < -0.4 is 10.6 Å². The van der Waals surface area contributed by atoms with Crippen molar-refractivity contribution >= 4 is 27.9 Å². The molecule has 0 aliphatic carbocycles. The molecule has 2 rings (SSSR count). The number of benzene rings is 1. The molecular weight excluding hydrogens is 430 g/mol. The molecule has 0 bridgehead atoms. The van der Waals surface area contributed by atoms with E-state index in [2.05, 4.69) is 5.32 Å². The lowest BCUT2D eigenvalue weighted by atomic mass is 10.1. The van der Waals surface area contributed by atoms with E-state index in [1.165, 1.54) is 19.2 Å². The highest BCUT2D eigenvalue weighted by Gasteiger charge is 2.44. The Kier molecular flexibility index (Phi) is 8.51. The smallest absolute Gasteiger partial charge is 0.325 e. The summed E-state index contributed by atoms with van der Waals surface area (Å²) in [4.78, 5) is 35.7. The second-order valence-corrected chi connectivity index (χ2v) is 9.02. The summed E-state index contributed by atoms with van der Waals surface area (Å²) in [5.74, 6) is -1.87.